The number of β-amino-alcohol motifs (C(OH)–C–C–N with tert-alkyl or cyclic N) is 1. The van der Waals surface area contributed by atoms with Crippen LogP contribution in [0.5, 0.6) is 5.75 Å². The third-order valence-corrected chi connectivity index (χ3v) is 4.41. The number of morpholine rings is 1. The third kappa shape index (κ3) is 4.61. The average Bonchev–Trinajstić information content (AvgIpc) is 2.54. The molecule has 4 nitrogen and oxygen atoms in total. The van der Waals surface area contributed by atoms with Crippen molar-refractivity contribution in [2.24, 2.45) is 0 Å². The van der Waals surface area contributed by atoms with Gasteiger partial charge in [0.15, 0.2) is 0 Å². The molecule has 0 spiro atoms. The molecule has 0 saturated carbocycles. The second-order valence-electron chi connectivity index (χ2n) is 6.78. The highest BCUT2D eigenvalue weighted by Gasteiger charge is 2.31. The fourth-order valence-corrected chi connectivity index (χ4v) is 2.99. The summed E-state index contributed by atoms with van der Waals surface area (Å²) in [5.41, 5.74) is -0.0395. The van der Waals surface area contributed by atoms with Crippen LogP contribution in [0.1, 0.15) is 13.8 Å². The van der Waals surface area contributed by atoms with Gasteiger partial charge in [0.05, 0.1) is 13.2 Å². The molecule has 0 aliphatic carbocycles. The standard InChI is InChI=1S/C19H25NO3.ClH/c1-19(2)14-22-10-9-20(19)12-17(21)13-23-18-8-7-15-5-3-4-6-16(15)11-18;/h3-8,11,17,21H,9-10,12-14H2,1-2H3;1H. The molecule has 0 bridgehead atoms. The Hall–Kier alpha value is -1.33. The van der Waals surface area contributed by atoms with E-state index in [9.17, 15) is 5.11 Å². The zero-order valence-electron chi connectivity index (χ0n) is 14.3. The summed E-state index contributed by atoms with van der Waals surface area (Å²) in [6.45, 7) is 7.45. The first-order chi connectivity index (χ1) is 11.0. The minimum Gasteiger partial charge on any atom is -0.491 e. The van der Waals surface area contributed by atoms with Crippen LogP contribution in [0.3, 0.4) is 0 Å². The molecule has 132 valence electrons. The van der Waals surface area contributed by atoms with Gasteiger partial charge in [-0.05, 0) is 36.8 Å². The smallest absolute Gasteiger partial charge is 0.120 e. The van der Waals surface area contributed by atoms with Crippen molar-refractivity contribution < 1.29 is 14.6 Å². The minimum atomic E-state index is -0.515. The summed E-state index contributed by atoms with van der Waals surface area (Å²) >= 11 is 0. The summed E-state index contributed by atoms with van der Waals surface area (Å²) in [6.07, 6.45) is -0.515. The van der Waals surface area contributed by atoms with Crippen LogP contribution in [0.15, 0.2) is 42.5 Å². The van der Waals surface area contributed by atoms with Crippen molar-refractivity contribution in [2.45, 2.75) is 25.5 Å². The van der Waals surface area contributed by atoms with E-state index >= 15 is 0 Å². The lowest BCUT2D eigenvalue weighted by Crippen LogP contribution is -2.55. The molecule has 1 fully saturated rings. The van der Waals surface area contributed by atoms with Gasteiger partial charge in [-0.3, -0.25) is 4.90 Å². The van der Waals surface area contributed by atoms with Crippen molar-refractivity contribution in [1.29, 1.82) is 0 Å². The van der Waals surface area contributed by atoms with E-state index in [1.165, 1.54) is 5.39 Å². The average molecular weight is 352 g/mol. The summed E-state index contributed by atoms with van der Waals surface area (Å²) in [5.74, 6) is 0.795. The number of fused-ring (bicyclic) bond motifs is 1. The van der Waals surface area contributed by atoms with Gasteiger partial charge < -0.3 is 14.6 Å². The van der Waals surface area contributed by atoms with Crippen molar-refractivity contribution >= 4 is 23.2 Å². The van der Waals surface area contributed by atoms with E-state index in [0.29, 0.717) is 19.8 Å². The fraction of sp³-hybridized carbons (Fsp3) is 0.474. The van der Waals surface area contributed by atoms with Gasteiger partial charge in [0.25, 0.3) is 0 Å². The third-order valence-electron chi connectivity index (χ3n) is 4.41. The first-order valence-corrected chi connectivity index (χ1v) is 8.17. The van der Waals surface area contributed by atoms with E-state index in [0.717, 1.165) is 24.3 Å². The molecule has 1 N–H and O–H groups in total. The maximum atomic E-state index is 10.3. The number of hydrogen-bond acceptors (Lipinski definition) is 4. The molecule has 0 radical (unpaired) electrons. The Bertz CT molecular complexity index is 662. The topological polar surface area (TPSA) is 41.9 Å². The highest BCUT2D eigenvalue weighted by atomic mass is 35.5. The molecule has 5 heteroatoms. The van der Waals surface area contributed by atoms with Crippen LogP contribution in [0.25, 0.3) is 10.8 Å². The maximum Gasteiger partial charge on any atom is 0.120 e. The zero-order chi connectivity index (χ0) is 16.3. The summed E-state index contributed by atoms with van der Waals surface area (Å²) < 4.78 is 11.3. The van der Waals surface area contributed by atoms with E-state index in [2.05, 4.69) is 30.9 Å². The minimum absolute atomic E-state index is 0. The van der Waals surface area contributed by atoms with Gasteiger partial charge in [0, 0.05) is 18.6 Å². The Morgan fingerprint density at radius 1 is 1.21 bits per heavy atom. The molecule has 1 aliphatic heterocycles. The Kier molecular flexibility index (Phi) is 6.47. The molecule has 0 aromatic heterocycles. The molecular formula is C19H26ClNO3. The number of halogens is 1. The Balaban J connectivity index is 0.00000208. The van der Waals surface area contributed by atoms with Gasteiger partial charge in [0.2, 0.25) is 0 Å². The van der Waals surface area contributed by atoms with E-state index in [1.54, 1.807) is 0 Å². The molecule has 3 rings (SSSR count). The van der Waals surface area contributed by atoms with Crippen molar-refractivity contribution in [3.8, 4) is 5.75 Å². The molecule has 1 unspecified atom stereocenters. The Morgan fingerprint density at radius 2 is 1.96 bits per heavy atom. The van der Waals surface area contributed by atoms with Gasteiger partial charge in [-0.15, -0.1) is 12.4 Å². The molecule has 2 aromatic carbocycles. The van der Waals surface area contributed by atoms with Gasteiger partial charge in [-0.1, -0.05) is 30.3 Å². The van der Waals surface area contributed by atoms with Crippen LogP contribution < -0.4 is 4.74 Å². The van der Waals surface area contributed by atoms with E-state index in [-0.39, 0.29) is 17.9 Å². The Labute approximate surface area is 149 Å². The van der Waals surface area contributed by atoms with Crippen LogP contribution in [0, 0.1) is 0 Å². The van der Waals surface area contributed by atoms with Crippen LogP contribution in [0.4, 0.5) is 0 Å². The van der Waals surface area contributed by atoms with Crippen molar-refractivity contribution in [2.75, 3.05) is 32.9 Å². The molecular weight excluding hydrogens is 326 g/mol. The molecule has 1 aliphatic rings. The maximum absolute atomic E-state index is 10.3. The first-order valence-electron chi connectivity index (χ1n) is 8.17. The number of ether oxygens (including phenoxy) is 2. The molecule has 1 atom stereocenters. The van der Waals surface area contributed by atoms with Crippen molar-refractivity contribution in [1.82, 2.24) is 4.90 Å². The summed E-state index contributed by atoms with van der Waals surface area (Å²) in [7, 11) is 0. The Morgan fingerprint density at radius 3 is 2.71 bits per heavy atom. The number of aliphatic hydroxyl groups is 1. The van der Waals surface area contributed by atoms with Crippen LogP contribution in [-0.2, 0) is 4.74 Å². The highest BCUT2D eigenvalue weighted by Crippen LogP contribution is 2.22. The second kappa shape index (κ2) is 8.17. The summed E-state index contributed by atoms with van der Waals surface area (Å²) in [4.78, 5) is 2.27. The first kappa shape index (κ1) is 19.0. The lowest BCUT2D eigenvalue weighted by atomic mass is 10.0. The van der Waals surface area contributed by atoms with Gasteiger partial charge in [0.1, 0.15) is 18.5 Å². The molecule has 2 aromatic rings. The lowest BCUT2D eigenvalue weighted by molar-refractivity contribution is -0.0703. The predicted molar refractivity (Wildman–Crippen MR) is 99.2 cm³/mol. The van der Waals surface area contributed by atoms with Crippen molar-refractivity contribution in [3.63, 3.8) is 0 Å². The largest absolute Gasteiger partial charge is 0.491 e. The second-order valence-corrected chi connectivity index (χ2v) is 6.78. The highest BCUT2D eigenvalue weighted by molar-refractivity contribution is 5.85. The molecule has 1 saturated heterocycles. The van der Waals surface area contributed by atoms with Gasteiger partial charge >= 0.3 is 0 Å². The lowest BCUT2D eigenvalue weighted by Gasteiger charge is -2.42. The summed E-state index contributed by atoms with van der Waals surface area (Å²) in [5, 5.41) is 12.6. The zero-order valence-corrected chi connectivity index (χ0v) is 15.1. The van der Waals surface area contributed by atoms with Crippen LogP contribution in [-0.4, -0.2) is 54.6 Å². The van der Waals surface area contributed by atoms with E-state index < -0.39 is 6.10 Å². The van der Waals surface area contributed by atoms with Gasteiger partial charge in [-0.25, -0.2) is 0 Å². The number of hydrogen-bond donors (Lipinski definition) is 1. The van der Waals surface area contributed by atoms with Crippen molar-refractivity contribution in [3.05, 3.63) is 42.5 Å². The number of benzene rings is 2. The van der Waals surface area contributed by atoms with Crippen LogP contribution >= 0.6 is 12.4 Å². The van der Waals surface area contributed by atoms with E-state index in [1.807, 2.05) is 30.3 Å². The predicted octanol–water partition coefficient (Wildman–Crippen LogP) is 3.11. The fourth-order valence-electron chi connectivity index (χ4n) is 2.99. The number of aliphatic hydroxyl groups excluding tert-OH is 1. The quantitative estimate of drug-likeness (QED) is 0.898. The van der Waals surface area contributed by atoms with Crippen LogP contribution in [0.2, 0.25) is 0 Å². The molecule has 1 heterocycles. The normalized spacial score (nSPS) is 18.8. The monoisotopic (exact) mass is 351 g/mol. The SMILES string of the molecule is CC1(C)COCCN1CC(O)COc1ccc2ccccc2c1.Cl. The molecule has 24 heavy (non-hydrogen) atoms. The molecule has 0 amide bonds. The summed E-state index contributed by atoms with van der Waals surface area (Å²) in [6, 6.07) is 14.2. The number of rotatable bonds is 5. The van der Waals surface area contributed by atoms with E-state index in [4.69, 9.17) is 9.47 Å². The van der Waals surface area contributed by atoms with Gasteiger partial charge in [-0.2, -0.15) is 0 Å². The number of nitrogens with zero attached hydrogens (tertiary/aromatic N) is 1.